The van der Waals surface area contributed by atoms with E-state index in [2.05, 4.69) is 0 Å². The second-order valence-electron chi connectivity index (χ2n) is 6.01. The largest absolute Gasteiger partial charge is 0.496 e. The van der Waals surface area contributed by atoms with Gasteiger partial charge in [0.1, 0.15) is 5.75 Å². The Hall–Kier alpha value is -2.82. The van der Waals surface area contributed by atoms with E-state index >= 15 is 0 Å². The molecule has 0 saturated carbocycles. The van der Waals surface area contributed by atoms with E-state index in [9.17, 15) is 9.59 Å². The first kappa shape index (κ1) is 17.5. The van der Waals surface area contributed by atoms with Crippen LogP contribution in [0.15, 0.2) is 36.4 Å². The molecule has 126 valence electrons. The topological polar surface area (TPSA) is 95.4 Å². The SMILES string of the molecule is COc1cc(C(N)=O)ccc1Cc1ccc(C(C)C)c(C(N)=O)c1. The maximum Gasteiger partial charge on any atom is 0.248 e. The number of methoxy groups -OCH3 is 1. The molecule has 0 heterocycles. The van der Waals surface area contributed by atoms with E-state index in [1.54, 1.807) is 25.3 Å². The van der Waals surface area contributed by atoms with Crippen LogP contribution in [0.3, 0.4) is 0 Å². The lowest BCUT2D eigenvalue weighted by molar-refractivity contribution is 0.0991. The van der Waals surface area contributed by atoms with Gasteiger partial charge < -0.3 is 16.2 Å². The fourth-order valence-corrected chi connectivity index (χ4v) is 2.69. The van der Waals surface area contributed by atoms with Gasteiger partial charge >= 0.3 is 0 Å². The minimum atomic E-state index is -0.503. The minimum absolute atomic E-state index is 0.214. The number of rotatable bonds is 6. The van der Waals surface area contributed by atoms with Crippen molar-refractivity contribution in [2.75, 3.05) is 7.11 Å². The molecule has 0 aliphatic heterocycles. The average molecular weight is 326 g/mol. The number of hydrogen-bond acceptors (Lipinski definition) is 3. The zero-order valence-corrected chi connectivity index (χ0v) is 14.1. The van der Waals surface area contributed by atoms with Crippen molar-refractivity contribution in [1.82, 2.24) is 0 Å². The van der Waals surface area contributed by atoms with Gasteiger partial charge in [-0.1, -0.05) is 32.0 Å². The average Bonchev–Trinajstić information content (AvgIpc) is 2.54. The Morgan fingerprint density at radius 1 is 1.04 bits per heavy atom. The predicted octanol–water partition coefficient (Wildman–Crippen LogP) is 2.61. The van der Waals surface area contributed by atoms with Crippen LogP contribution in [-0.2, 0) is 6.42 Å². The lowest BCUT2D eigenvalue weighted by Gasteiger charge is -2.14. The summed E-state index contributed by atoms with van der Waals surface area (Å²) in [7, 11) is 1.54. The molecule has 0 aliphatic rings. The lowest BCUT2D eigenvalue weighted by Crippen LogP contribution is -2.15. The molecular weight excluding hydrogens is 304 g/mol. The van der Waals surface area contributed by atoms with E-state index in [1.807, 2.05) is 32.0 Å². The zero-order chi connectivity index (χ0) is 17.9. The molecule has 0 aliphatic carbocycles. The standard InChI is InChI=1S/C19H22N2O3/c1-11(2)15-7-4-12(9-16(15)19(21)23)8-13-5-6-14(18(20)22)10-17(13)24-3/h4-7,9-11H,8H2,1-3H3,(H2,20,22)(H2,21,23). The monoisotopic (exact) mass is 326 g/mol. The van der Waals surface area contributed by atoms with Crippen molar-refractivity contribution < 1.29 is 14.3 Å². The third-order valence-corrected chi connectivity index (χ3v) is 3.97. The van der Waals surface area contributed by atoms with Crippen LogP contribution in [0.25, 0.3) is 0 Å². The number of amides is 2. The van der Waals surface area contributed by atoms with E-state index < -0.39 is 11.8 Å². The Bertz CT molecular complexity index is 782. The summed E-state index contributed by atoms with van der Waals surface area (Å²) in [6, 6.07) is 10.8. The van der Waals surface area contributed by atoms with Crippen LogP contribution in [0.2, 0.25) is 0 Å². The van der Waals surface area contributed by atoms with Crippen LogP contribution in [-0.4, -0.2) is 18.9 Å². The molecule has 0 aromatic heterocycles. The predicted molar refractivity (Wildman–Crippen MR) is 93.4 cm³/mol. The summed E-state index contributed by atoms with van der Waals surface area (Å²) in [5.41, 5.74) is 14.5. The second-order valence-corrected chi connectivity index (χ2v) is 6.01. The van der Waals surface area contributed by atoms with Gasteiger partial charge in [0.25, 0.3) is 0 Å². The number of hydrogen-bond donors (Lipinski definition) is 2. The number of benzene rings is 2. The van der Waals surface area contributed by atoms with E-state index in [0.717, 1.165) is 16.7 Å². The number of nitrogens with two attached hydrogens (primary N) is 2. The van der Waals surface area contributed by atoms with Crippen molar-refractivity contribution in [3.05, 3.63) is 64.2 Å². The molecule has 4 N–H and O–H groups in total. The molecule has 2 aromatic rings. The maximum atomic E-state index is 11.7. The van der Waals surface area contributed by atoms with Gasteiger partial charge in [-0.2, -0.15) is 0 Å². The molecule has 5 heteroatoms. The molecule has 2 aromatic carbocycles. The van der Waals surface area contributed by atoms with Crippen LogP contribution in [0, 0.1) is 0 Å². The van der Waals surface area contributed by atoms with Crippen LogP contribution in [0.1, 0.15) is 57.2 Å². The molecule has 0 bridgehead atoms. The van der Waals surface area contributed by atoms with Crippen LogP contribution in [0.5, 0.6) is 5.75 Å². The van der Waals surface area contributed by atoms with E-state index in [0.29, 0.717) is 23.3 Å². The van der Waals surface area contributed by atoms with E-state index in [1.165, 1.54) is 0 Å². The summed E-state index contributed by atoms with van der Waals surface area (Å²) >= 11 is 0. The van der Waals surface area contributed by atoms with Gasteiger partial charge in [-0.3, -0.25) is 9.59 Å². The van der Waals surface area contributed by atoms with Crippen molar-refractivity contribution >= 4 is 11.8 Å². The molecule has 0 unspecified atom stereocenters. The Kier molecular flexibility index (Phi) is 5.24. The number of primary amides is 2. The molecule has 0 spiro atoms. The summed E-state index contributed by atoms with van der Waals surface area (Å²) in [6.45, 7) is 4.04. The van der Waals surface area contributed by atoms with Gasteiger partial charge in [0, 0.05) is 17.5 Å². The maximum absolute atomic E-state index is 11.7. The van der Waals surface area contributed by atoms with Crippen LogP contribution < -0.4 is 16.2 Å². The van der Waals surface area contributed by atoms with Crippen LogP contribution >= 0.6 is 0 Å². The highest BCUT2D eigenvalue weighted by Crippen LogP contribution is 2.26. The highest BCUT2D eigenvalue weighted by atomic mass is 16.5. The lowest BCUT2D eigenvalue weighted by atomic mass is 9.92. The third kappa shape index (κ3) is 3.74. The summed E-state index contributed by atoms with van der Waals surface area (Å²) in [5.74, 6) is -0.139. The normalized spacial score (nSPS) is 10.7. The first-order valence-corrected chi connectivity index (χ1v) is 7.72. The highest BCUT2D eigenvalue weighted by molar-refractivity contribution is 5.95. The first-order chi connectivity index (χ1) is 11.3. The summed E-state index contributed by atoms with van der Waals surface area (Å²) < 4.78 is 5.35. The van der Waals surface area contributed by atoms with Gasteiger partial charge in [0.15, 0.2) is 0 Å². The quantitative estimate of drug-likeness (QED) is 0.854. The van der Waals surface area contributed by atoms with Crippen molar-refractivity contribution in [1.29, 1.82) is 0 Å². The number of carbonyl (C=O) groups excluding carboxylic acids is 2. The Labute approximate surface area is 141 Å². The molecule has 0 fully saturated rings. The Balaban J connectivity index is 2.39. The summed E-state index contributed by atoms with van der Waals surface area (Å²) in [6.07, 6.45) is 0.556. The van der Waals surface area contributed by atoms with Gasteiger partial charge in [-0.15, -0.1) is 0 Å². The Morgan fingerprint density at radius 2 is 1.75 bits per heavy atom. The fourth-order valence-electron chi connectivity index (χ4n) is 2.69. The number of ether oxygens (including phenoxy) is 1. The third-order valence-electron chi connectivity index (χ3n) is 3.97. The van der Waals surface area contributed by atoms with Crippen molar-refractivity contribution in [2.45, 2.75) is 26.2 Å². The molecule has 5 nitrogen and oxygen atoms in total. The first-order valence-electron chi connectivity index (χ1n) is 7.72. The molecule has 2 rings (SSSR count). The van der Waals surface area contributed by atoms with Gasteiger partial charge in [-0.25, -0.2) is 0 Å². The molecule has 24 heavy (non-hydrogen) atoms. The second kappa shape index (κ2) is 7.17. The number of carbonyl (C=O) groups is 2. The van der Waals surface area contributed by atoms with Crippen molar-refractivity contribution in [3.8, 4) is 5.75 Å². The van der Waals surface area contributed by atoms with Crippen LogP contribution in [0.4, 0.5) is 0 Å². The molecule has 0 atom stereocenters. The zero-order valence-electron chi connectivity index (χ0n) is 14.1. The van der Waals surface area contributed by atoms with E-state index in [4.69, 9.17) is 16.2 Å². The minimum Gasteiger partial charge on any atom is -0.496 e. The smallest absolute Gasteiger partial charge is 0.248 e. The molecule has 0 radical (unpaired) electrons. The summed E-state index contributed by atoms with van der Waals surface area (Å²) in [4.78, 5) is 23.0. The Morgan fingerprint density at radius 3 is 2.29 bits per heavy atom. The fraction of sp³-hybridized carbons (Fsp3) is 0.263. The van der Waals surface area contributed by atoms with Gasteiger partial charge in [-0.05, 0) is 40.8 Å². The van der Waals surface area contributed by atoms with E-state index in [-0.39, 0.29) is 5.92 Å². The molecular formula is C19H22N2O3. The summed E-state index contributed by atoms with van der Waals surface area (Å²) in [5, 5.41) is 0. The van der Waals surface area contributed by atoms with Gasteiger partial charge in [0.05, 0.1) is 7.11 Å². The van der Waals surface area contributed by atoms with Gasteiger partial charge in [0.2, 0.25) is 11.8 Å². The van der Waals surface area contributed by atoms with Crippen molar-refractivity contribution in [3.63, 3.8) is 0 Å². The van der Waals surface area contributed by atoms with Crippen molar-refractivity contribution in [2.24, 2.45) is 11.5 Å². The molecule has 2 amide bonds. The molecule has 0 saturated heterocycles. The highest BCUT2D eigenvalue weighted by Gasteiger charge is 2.14.